The topological polar surface area (TPSA) is 64.6 Å². The summed E-state index contributed by atoms with van der Waals surface area (Å²) in [4.78, 5) is 23.5. The normalized spacial score (nSPS) is 15.3. The first-order valence-corrected chi connectivity index (χ1v) is 6.65. The maximum atomic E-state index is 11.8. The lowest BCUT2D eigenvalue weighted by Gasteiger charge is -2.16. The Morgan fingerprint density at radius 3 is 2.40 bits per heavy atom. The molecule has 0 aromatic heterocycles. The molecule has 1 fully saturated rings. The smallest absolute Gasteiger partial charge is 0.328 e. The second kappa shape index (κ2) is 6.41. The number of amides is 1. The van der Waals surface area contributed by atoms with E-state index in [1.807, 2.05) is 24.3 Å². The Hall–Kier alpha value is -2.04. The fraction of sp³-hybridized carbons (Fsp3) is 0.467. The van der Waals surface area contributed by atoms with Crippen LogP contribution in [0.3, 0.4) is 0 Å². The van der Waals surface area contributed by atoms with Crippen molar-refractivity contribution in [3.63, 3.8) is 0 Å². The molecular formula is C15H19NO4. The van der Waals surface area contributed by atoms with Crippen molar-refractivity contribution in [1.29, 1.82) is 0 Å². The minimum atomic E-state index is -0.638. The monoisotopic (exact) mass is 277 g/mol. The molecule has 1 N–H and O–H groups in total. The van der Waals surface area contributed by atoms with Gasteiger partial charge in [0.1, 0.15) is 11.8 Å². The molecule has 1 atom stereocenters. The number of methoxy groups -OCH3 is 2. The van der Waals surface area contributed by atoms with Crippen molar-refractivity contribution in [3.05, 3.63) is 29.8 Å². The van der Waals surface area contributed by atoms with Crippen LogP contribution >= 0.6 is 0 Å². The second-order valence-electron chi connectivity index (χ2n) is 4.91. The van der Waals surface area contributed by atoms with Crippen molar-refractivity contribution < 1.29 is 19.1 Å². The van der Waals surface area contributed by atoms with Crippen LogP contribution in [-0.2, 0) is 20.7 Å². The molecule has 2 rings (SSSR count). The van der Waals surface area contributed by atoms with Gasteiger partial charge in [-0.15, -0.1) is 0 Å². The number of hydrogen-bond acceptors (Lipinski definition) is 4. The first-order chi connectivity index (χ1) is 9.63. The fourth-order valence-corrected chi connectivity index (χ4v) is 1.97. The molecule has 20 heavy (non-hydrogen) atoms. The Bertz CT molecular complexity index is 479. The number of carbonyl (C=O) groups is 2. The Balaban J connectivity index is 2.01. The highest BCUT2D eigenvalue weighted by molar-refractivity contribution is 5.87. The van der Waals surface area contributed by atoms with Crippen molar-refractivity contribution in [2.45, 2.75) is 25.3 Å². The zero-order valence-corrected chi connectivity index (χ0v) is 11.7. The number of ether oxygens (including phenoxy) is 2. The molecule has 0 radical (unpaired) electrons. The molecule has 0 unspecified atom stereocenters. The molecule has 5 heteroatoms. The molecule has 1 amide bonds. The van der Waals surface area contributed by atoms with E-state index in [1.54, 1.807) is 7.11 Å². The van der Waals surface area contributed by atoms with Crippen LogP contribution in [-0.4, -0.2) is 32.1 Å². The summed E-state index contributed by atoms with van der Waals surface area (Å²) in [7, 11) is 2.93. The van der Waals surface area contributed by atoms with Gasteiger partial charge in [-0.2, -0.15) is 0 Å². The van der Waals surface area contributed by atoms with E-state index in [4.69, 9.17) is 9.47 Å². The van der Waals surface area contributed by atoms with E-state index in [9.17, 15) is 9.59 Å². The third kappa shape index (κ3) is 3.73. The third-order valence-corrected chi connectivity index (χ3v) is 3.35. The highest BCUT2D eigenvalue weighted by atomic mass is 16.5. The van der Waals surface area contributed by atoms with Gasteiger partial charge in [-0.1, -0.05) is 12.1 Å². The van der Waals surface area contributed by atoms with E-state index < -0.39 is 12.0 Å². The Labute approximate surface area is 118 Å². The van der Waals surface area contributed by atoms with Crippen molar-refractivity contribution in [2.75, 3.05) is 14.2 Å². The molecule has 108 valence electrons. The van der Waals surface area contributed by atoms with Crippen molar-refractivity contribution in [1.82, 2.24) is 5.32 Å². The third-order valence-electron chi connectivity index (χ3n) is 3.35. The van der Waals surface area contributed by atoms with E-state index in [0.29, 0.717) is 6.42 Å². The predicted octanol–water partition coefficient (Wildman–Crippen LogP) is 1.31. The summed E-state index contributed by atoms with van der Waals surface area (Å²) < 4.78 is 9.84. The van der Waals surface area contributed by atoms with Crippen LogP contribution in [0.1, 0.15) is 18.4 Å². The summed E-state index contributed by atoms with van der Waals surface area (Å²) in [5.41, 5.74) is 0.942. The van der Waals surface area contributed by atoms with Gasteiger partial charge < -0.3 is 14.8 Å². The van der Waals surface area contributed by atoms with Crippen LogP contribution in [0.4, 0.5) is 0 Å². The van der Waals surface area contributed by atoms with Crippen molar-refractivity contribution in [2.24, 2.45) is 5.92 Å². The summed E-state index contributed by atoms with van der Waals surface area (Å²) in [6, 6.07) is 6.76. The van der Waals surface area contributed by atoms with E-state index in [1.165, 1.54) is 7.11 Å². The van der Waals surface area contributed by atoms with Gasteiger partial charge in [0.2, 0.25) is 5.91 Å². The number of benzene rings is 1. The van der Waals surface area contributed by atoms with Gasteiger partial charge in [0.05, 0.1) is 14.2 Å². The molecule has 0 bridgehead atoms. The lowest BCUT2D eigenvalue weighted by atomic mass is 10.1. The summed E-state index contributed by atoms with van der Waals surface area (Å²) in [6.07, 6.45) is 2.22. The zero-order chi connectivity index (χ0) is 14.5. The molecule has 1 aromatic carbocycles. The maximum absolute atomic E-state index is 11.8. The first-order valence-electron chi connectivity index (χ1n) is 6.65. The first kappa shape index (κ1) is 14.4. The number of rotatable bonds is 6. The van der Waals surface area contributed by atoms with Gasteiger partial charge >= 0.3 is 5.97 Å². The molecule has 1 aliphatic rings. The predicted molar refractivity (Wildman–Crippen MR) is 73.4 cm³/mol. The van der Waals surface area contributed by atoms with Gasteiger partial charge in [-0.3, -0.25) is 4.79 Å². The fourth-order valence-electron chi connectivity index (χ4n) is 1.97. The molecule has 1 aliphatic carbocycles. The largest absolute Gasteiger partial charge is 0.497 e. The molecular weight excluding hydrogens is 258 g/mol. The van der Waals surface area contributed by atoms with Crippen molar-refractivity contribution in [3.8, 4) is 5.75 Å². The number of esters is 1. The minimum absolute atomic E-state index is 0.0612. The summed E-state index contributed by atoms with van der Waals surface area (Å²) in [5.74, 6) is 0.340. The van der Waals surface area contributed by atoms with Gasteiger partial charge in [0.15, 0.2) is 0 Å². The molecule has 0 heterocycles. The van der Waals surface area contributed by atoms with Gasteiger partial charge in [0, 0.05) is 12.3 Å². The van der Waals surface area contributed by atoms with Crippen LogP contribution < -0.4 is 10.1 Å². The molecule has 0 spiro atoms. The number of nitrogens with one attached hydrogen (secondary N) is 1. The highest BCUT2D eigenvalue weighted by Crippen LogP contribution is 2.29. The van der Waals surface area contributed by atoms with Crippen LogP contribution in [0.15, 0.2) is 24.3 Å². The average Bonchev–Trinajstić information content (AvgIpc) is 3.31. The van der Waals surface area contributed by atoms with E-state index in [2.05, 4.69) is 5.32 Å². The Morgan fingerprint density at radius 1 is 1.25 bits per heavy atom. The average molecular weight is 277 g/mol. The lowest BCUT2D eigenvalue weighted by Crippen LogP contribution is -2.43. The summed E-state index contributed by atoms with van der Waals surface area (Å²) in [5, 5.41) is 2.76. The van der Waals surface area contributed by atoms with E-state index in [-0.39, 0.29) is 11.8 Å². The summed E-state index contributed by atoms with van der Waals surface area (Å²) >= 11 is 0. The SMILES string of the molecule is COC(=O)[C@H](Cc1ccc(OC)cc1)NC(=O)C1CC1. The zero-order valence-electron chi connectivity index (χ0n) is 11.7. The van der Waals surface area contributed by atoms with Crippen LogP contribution in [0.2, 0.25) is 0 Å². The van der Waals surface area contributed by atoms with Crippen LogP contribution in [0.25, 0.3) is 0 Å². The van der Waals surface area contributed by atoms with Crippen LogP contribution in [0.5, 0.6) is 5.75 Å². The number of hydrogen-bond donors (Lipinski definition) is 1. The standard InChI is InChI=1S/C15H19NO4/c1-19-12-7-3-10(4-8-12)9-13(15(18)20-2)16-14(17)11-5-6-11/h3-4,7-8,11,13H,5-6,9H2,1-2H3,(H,16,17)/t13-/m0/s1. The lowest BCUT2D eigenvalue weighted by molar-refractivity contribution is -0.145. The quantitative estimate of drug-likeness (QED) is 0.796. The van der Waals surface area contributed by atoms with Crippen molar-refractivity contribution >= 4 is 11.9 Å². The van der Waals surface area contributed by atoms with Gasteiger partial charge in [-0.25, -0.2) is 4.79 Å². The van der Waals surface area contributed by atoms with Crippen LogP contribution in [0, 0.1) is 5.92 Å². The van der Waals surface area contributed by atoms with Gasteiger partial charge in [-0.05, 0) is 30.5 Å². The minimum Gasteiger partial charge on any atom is -0.497 e. The molecule has 0 saturated heterocycles. The van der Waals surface area contributed by atoms with E-state index in [0.717, 1.165) is 24.2 Å². The molecule has 1 aromatic rings. The van der Waals surface area contributed by atoms with E-state index >= 15 is 0 Å². The molecule has 5 nitrogen and oxygen atoms in total. The summed E-state index contributed by atoms with van der Waals surface area (Å²) in [6.45, 7) is 0. The van der Waals surface area contributed by atoms with Gasteiger partial charge in [0.25, 0.3) is 0 Å². The number of carbonyl (C=O) groups excluding carboxylic acids is 2. The Kier molecular flexibility index (Phi) is 4.61. The molecule has 1 saturated carbocycles. The molecule has 0 aliphatic heterocycles. The highest BCUT2D eigenvalue weighted by Gasteiger charge is 2.32. The Morgan fingerprint density at radius 2 is 1.90 bits per heavy atom. The maximum Gasteiger partial charge on any atom is 0.328 e. The second-order valence-corrected chi connectivity index (χ2v) is 4.91.